The van der Waals surface area contributed by atoms with Gasteiger partial charge in [0.1, 0.15) is 0 Å². The molecule has 2 aromatic heterocycles. The number of allylic oxidation sites excluding steroid dienone is 4. The predicted octanol–water partition coefficient (Wildman–Crippen LogP) is 14.3. The molecular formula is C52H42N4. The van der Waals surface area contributed by atoms with Gasteiger partial charge in [-0.25, -0.2) is 9.97 Å². The van der Waals surface area contributed by atoms with Gasteiger partial charge in [0, 0.05) is 44.7 Å². The molecule has 0 saturated heterocycles. The third-order valence-electron chi connectivity index (χ3n) is 9.85. The van der Waals surface area contributed by atoms with Gasteiger partial charge in [-0.3, -0.25) is 0 Å². The van der Waals surface area contributed by atoms with Crippen LogP contribution in [0.2, 0.25) is 0 Å². The van der Waals surface area contributed by atoms with Crippen LogP contribution >= 0.6 is 0 Å². The molecule has 4 heteroatoms. The summed E-state index contributed by atoms with van der Waals surface area (Å²) < 4.78 is 2.24. The Kier molecular flexibility index (Phi) is 10.2. The maximum absolute atomic E-state index is 5.14. The van der Waals surface area contributed by atoms with Crippen LogP contribution in [0.5, 0.6) is 0 Å². The van der Waals surface area contributed by atoms with Crippen LogP contribution < -0.4 is 4.90 Å². The molecule has 9 rings (SSSR count). The van der Waals surface area contributed by atoms with Gasteiger partial charge in [0.25, 0.3) is 0 Å². The molecule has 4 nitrogen and oxygen atoms in total. The van der Waals surface area contributed by atoms with Gasteiger partial charge >= 0.3 is 0 Å². The van der Waals surface area contributed by atoms with E-state index < -0.39 is 0 Å². The Hall–Kier alpha value is -7.30. The van der Waals surface area contributed by atoms with E-state index in [1.165, 1.54) is 0 Å². The first-order valence-electron chi connectivity index (χ1n) is 19.1. The minimum atomic E-state index is 0.855. The Balaban J connectivity index is 0.00000217. The van der Waals surface area contributed by atoms with Crippen LogP contribution in [0, 0.1) is 0 Å². The summed E-state index contributed by atoms with van der Waals surface area (Å²) in [7, 11) is 0. The first kappa shape index (κ1) is 35.7. The number of hydrogen-bond acceptors (Lipinski definition) is 3. The van der Waals surface area contributed by atoms with E-state index in [0.717, 1.165) is 89.2 Å². The van der Waals surface area contributed by atoms with Crippen LogP contribution in [0.25, 0.3) is 66.6 Å². The number of rotatable bonds is 9. The highest BCUT2D eigenvalue weighted by atomic mass is 15.1. The zero-order valence-electron chi connectivity index (χ0n) is 31.7. The van der Waals surface area contributed by atoms with E-state index in [2.05, 4.69) is 150 Å². The van der Waals surface area contributed by atoms with Crippen molar-refractivity contribution in [3.63, 3.8) is 0 Å². The van der Waals surface area contributed by atoms with Crippen LogP contribution in [0.4, 0.5) is 17.1 Å². The lowest BCUT2D eigenvalue weighted by Gasteiger charge is -2.26. The molecule has 9 aromatic rings. The second-order valence-corrected chi connectivity index (χ2v) is 13.3. The molecule has 56 heavy (non-hydrogen) atoms. The molecule has 0 atom stereocenters. The molecule has 0 aliphatic carbocycles. The number of para-hydroxylation sites is 4. The molecule has 7 aromatic carbocycles. The molecule has 0 saturated carbocycles. The van der Waals surface area contributed by atoms with Crippen molar-refractivity contribution in [3.05, 3.63) is 213 Å². The topological polar surface area (TPSA) is 34.0 Å². The fourth-order valence-corrected chi connectivity index (χ4v) is 7.22. The largest absolute Gasteiger partial charge is 0.310 e. The molecular weight excluding hydrogens is 681 g/mol. The number of nitrogens with zero attached hydrogens (tertiary/aromatic N) is 4. The smallest absolute Gasteiger partial charge is 0.0973 e. The zero-order valence-corrected chi connectivity index (χ0v) is 31.7. The summed E-state index contributed by atoms with van der Waals surface area (Å²) in [6.45, 7) is 12.8. The Bertz CT molecular complexity index is 2830. The summed E-state index contributed by atoms with van der Waals surface area (Å²) in [5.74, 6) is 0. The molecule has 0 fully saturated rings. The minimum Gasteiger partial charge on any atom is -0.310 e. The second-order valence-electron chi connectivity index (χ2n) is 13.3. The van der Waals surface area contributed by atoms with Gasteiger partial charge in [-0.2, -0.15) is 0 Å². The zero-order chi connectivity index (χ0) is 38.4. The number of aromatic nitrogens is 3. The Morgan fingerprint density at radius 3 is 1.64 bits per heavy atom. The van der Waals surface area contributed by atoms with Crippen molar-refractivity contribution in [1.82, 2.24) is 14.5 Å². The van der Waals surface area contributed by atoms with E-state index in [4.69, 9.17) is 9.97 Å². The van der Waals surface area contributed by atoms with Crippen molar-refractivity contribution < 1.29 is 0 Å². The van der Waals surface area contributed by atoms with Crippen LogP contribution in [0.1, 0.15) is 19.4 Å². The summed E-state index contributed by atoms with van der Waals surface area (Å²) in [4.78, 5) is 12.5. The third kappa shape index (κ3) is 6.92. The van der Waals surface area contributed by atoms with Crippen molar-refractivity contribution in [1.29, 1.82) is 0 Å². The fourth-order valence-electron chi connectivity index (χ4n) is 7.22. The van der Waals surface area contributed by atoms with Crippen molar-refractivity contribution >= 4 is 61.2 Å². The molecule has 0 unspecified atom stereocenters. The summed E-state index contributed by atoms with van der Waals surface area (Å²) in [5.41, 5.74) is 13.7. The molecule has 0 aliphatic heterocycles. The first-order chi connectivity index (χ1) is 27.6. The van der Waals surface area contributed by atoms with Crippen molar-refractivity contribution in [2.24, 2.45) is 0 Å². The normalized spacial score (nSPS) is 11.1. The minimum absolute atomic E-state index is 0.855. The summed E-state index contributed by atoms with van der Waals surface area (Å²) >= 11 is 0. The maximum Gasteiger partial charge on any atom is 0.0973 e. The van der Waals surface area contributed by atoms with Crippen LogP contribution in [0.15, 0.2) is 207 Å². The Morgan fingerprint density at radius 1 is 0.482 bits per heavy atom. The highest BCUT2D eigenvalue weighted by Gasteiger charge is 2.19. The lowest BCUT2D eigenvalue weighted by atomic mass is 10.0. The van der Waals surface area contributed by atoms with Crippen LogP contribution in [-0.4, -0.2) is 14.5 Å². The number of hydrogen-bond donors (Lipinski definition) is 0. The van der Waals surface area contributed by atoms with E-state index in [9.17, 15) is 0 Å². The Labute approximate surface area is 328 Å². The number of anilines is 3. The molecule has 0 aliphatic rings. The van der Waals surface area contributed by atoms with Gasteiger partial charge in [0.15, 0.2) is 0 Å². The quantitative estimate of drug-likeness (QED) is 0.139. The van der Waals surface area contributed by atoms with Crippen LogP contribution in [-0.2, 0) is 0 Å². The second kappa shape index (κ2) is 16.0. The SMILES string of the molecule is C=C(/C=C\C(=C)n1c2ccccc2c2cc(N(c3ccccc3)c3ccc(-c4nc5ccccc5nc4-c4ccccc4)cc3)ccc21)c1ccccc1.CC. The summed E-state index contributed by atoms with van der Waals surface area (Å²) in [6, 6.07) is 63.0. The van der Waals surface area contributed by atoms with E-state index in [-0.39, 0.29) is 0 Å². The molecule has 0 bridgehead atoms. The molecule has 2 heterocycles. The fraction of sp³-hybridized carbons (Fsp3) is 0.0385. The lowest BCUT2D eigenvalue weighted by Crippen LogP contribution is -2.09. The highest BCUT2D eigenvalue weighted by Crippen LogP contribution is 2.40. The number of fused-ring (bicyclic) bond motifs is 4. The van der Waals surface area contributed by atoms with E-state index in [1.807, 2.05) is 80.6 Å². The third-order valence-corrected chi connectivity index (χ3v) is 9.85. The molecule has 0 spiro atoms. The molecule has 0 N–H and O–H groups in total. The number of benzene rings is 7. The lowest BCUT2D eigenvalue weighted by molar-refractivity contribution is 1.24. The van der Waals surface area contributed by atoms with E-state index in [0.29, 0.717) is 0 Å². The van der Waals surface area contributed by atoms with Crippen molar-refractivity contribution in [3.8, 4) is 22.5 Å². The van der Waals surface area contributed by atoms with E-state index in [1.54, 1.807) is 0 Å². The van der Waals surface area contributed by atoms with Crippen LogP contribution in [0.3, 0.4) is 0 Å². The van der Waals surface area contributed by atoms with Gasteiger partial charge in [-0.05, 0) is 77.9 Å². The standard InChI is InChI=1S/C50H36N4.C2H6/c1-35(37-16-6-3-7-17-37)26-27-36(2)53-47-25-15-12-22-43(47)44-34-42(32-33-48(44)53)54(40-20-10-5-11-21-40)41-30-28-39(29-31-41)50-49(38-18-8-4-9-19-38)51-45-23-13-14-24-46(45)52-50;1-2/h3-34H,1-2H2;1-2H3/b27-26-;. The first-order valence-corrected chi connectivity index (χ1v) is 19.1. The van der Waals surface area contributed by atoms with Gasteiger partial charge in [0.05, 0.1) is 33.5 Å². The van der Waals surface area contributed by atoms with Gasteiger partial charge in [0.2, 0.25) is 0 Å². The van der Waals surface area contributed by atoms with Gasteiger partial charge in [-0.1, -0.05) is 154 Å². The van der Waals surface area contributed by atoms with Gasteiger partial charge < -0.3 is 9.47 Å². The predicted molar refractivity (Wildman–Crippen MR) is 239 cm³/mol. The monoisotopic (exact) mass is 722 g/mol. The average molecular weight is 723 g/mol. The van der Waals surface area contributed by atoms with E-state index >= 15 is 0 Å². The average Bonchev–Trinajstić information content (AvgIpc) is 3.61. The molecule has 0 amide bonds. The van der Waals surface area contributed by atoms with Crippen molar-refractivity contribution in [2.75, 3.05) is 4.90 Å². The molecule has 0 radical (unpaired) electrons. The summed E-state index contributed by atoms with van der Waals surface area (Å²) in [5, 5.41) is 2.31. The molecule has 270 valence electrons. The summed E-state index contributed by atoms with van der Waals surface area (Å²) in [6.07, 6.45) is 4.09. The Morgan fingerprint density at radius 2 is 0.982 bits per heavy atom. The van der Waals surface area contributed by atoms with Crippen molar-refractivity contribution in [2.45, 2.75) is 13.8 Å². The van der Waals surface area contributed by atoms with Gasteiger partial charge in [-0.15, -0.1) is 0 Å². The maximum atomic E-state index is 5.14. The highest BCUT2D eigenvalue weighted by molar-refractivity contribution is 6.11.